The van der Waals surface area contributed by atoms with E-state index in [1.807, 2.05) is 18.2 Å². The first kappa shape index (κ1) is 13.9. The van der Waals surface area contributed by atoms with E-state index in [9.17, 15) is 0 Å². The maximum absolute atomic E-state index is 8.78. The summed E-state index contributed by atoms with van der Waals surface area (Å²) in [5, 5.41) is 26.1. The van der Waals surface area contributed by atoms with Gasteiger partial charge >= 0.3 is 0 Å². The van der Waals surface area contributed by atoms with Gasteiger partial charge in [-0.2, -0.15) is 0 Å². The lowest BCUT2D eigenvalue weighted by Crippen LogP contribution is -2.08. The number of hydrogen-bond donors (Lipinski definition) is 3. The lowest BCUT2D eigenvalue weighted by atomic mass is 10.3. The van der Waals surface area contributed by atoms with Crippen LogP contribution in [-0.2, 0) is 0 Å². The Kier molecular flexibility index (Phi) is 5.54. The molecule has 96 valence electrons. The van der Waals surface area contributed by atoms with Crippen LogP contribution < -0.4 is 4.74 Å². The maximum atomic E-state index is 8.78. The van der Waals surface area contributed by atoms with E-state index in [4.69, 9.17) is 20.1 Å². The van der Waals surface area contributed by atoms with E-state index in [1.54, 1.807) is 25.1 Å². The largest absolute Gasteiger partial charge is 0.508 e. The molecule has 3 N–H and O–H groups in total. The van der Waals surface area contributed by atoms with E-state index in [-0.39, 0.29) is 11.5 Å². The van der Waals surface area contributed by atoms with Gasteiger partial charge in [0.1, 0.15) is 17.2 Å². The van der Waals surface area contributed by atoms with Crippen molar-refractivity contribution in [3.8, 4) is 17.2 Å². The number of aromatic hydroxyl groups is 2. The number of phenolic OH excluding ortho intramolecular Hbond substituents is 2. The van der Waals surface area contributed by atoms with E-state index in [0.29, 0.717) is 5.75 Å². The summed E-state index contributed by atoms with van der Waals surface area (Å²) in [5.74, 6) is 0.868. The lowest BCUT2D eigenvalue weighted by Gasteiger charge is -2.06. The fourth-order valence-corrected chi connectivity index (χ4v) is 1.19. The number of phenols is 2. The fraction of sp³-hybridized carbons (Fsp3) is 0.143. The predicted octanol–water partition coefficient (Wildman–Crippen LogP) is 2.50. The van der Waals surface area contributed by atoms with E-state index in [0.717, 1.165) is 0 Å². The van der Waals surface area contributed by atoms with E-state index >= 15 is 0 Å². The molecule has 0 saturated heterocycles. The first-order chi connectivity index (χ1) is 8.58. The minimum absolute atomic E-state index is 0.0880. The van der Waals surface area contributed by atoms with Crippen LogP contribution in [0.4, 0.5) is 0 Å². The molecule has 0 aliphatic rings. The van der Waals surface area contributed by atoms with Crippen LogP contribution in [0.1, 0.15) is 6.92 Å². The standard InChI is InChI=1S/C8H10O2.C6H6O2/c1-7(9)10-8-5-3-2-4-6-8;7-5-2-1-3-6(8)4-5/h2-7,9H,1H3;1-4,7-8H. The highest BCUT2D eigenvalue weighted by Gasteiger charge is 1.94. The predicted molar refractivity (Wildman–Crippen MR) is 68.5 cm³/mol. The minimum atomic E-state index is -0.734. The van der Waals surface area contributed by atoms with Gasteiger partial charge in [-0.1, -0.05) is 24.3 Å². The highest BCUT2D eigenvalue weighted by Crippen LogP contribution is 2.14. The molecule has 2 rings (SSSR count). The highest BCUT2D eigenvalue weighted by atomic mass is 16.6. The van der Waals surface area contributed by atoms with Crippen molar-refractivity contribution in [2.75, 3.05) is 0 Å². The zero-order valence-corrected chi connectivity index (χ0v) is 10.0. The van der Waals surface area contributed by atoms with Crippen molar-refractivity contribution in [2.45, 2.75) is 13.2 Å². The number of rotatable bonds is 2. The molecule has 0 radical (unpaired) electrons. The van der Waals surface area contributed by atoms with Gasteiger partial charge in [-0.15, -0.1) is 0 Å². The molecule has 4 heteroatoms. The summed E-state index contributed by atoms with van der Waals surface area (Å²) in [6.45, 7) is 1.58. The third-order valence-corrected chi connectivity index (χ3v) is 1.88. The first-order valence-corrected chi connectivity index (χ1v) is 5.45. The molecule has 0 saturated carbocycles. The zero-order chi connectivity index (χ0) is 13.4. The zero-order valence-electron chi connectivity index (χ0n) is 10.0. The molecule has 2 aromatic carbocycles. The summed E-state index contributed by atoms with van der Waals surface area (Å²) in [7, 11) is 0. The Balaban J connectivity index is 0.000000184. The van der Waals surface area contributed by atoms with Crippen LogP contribution in [-0.4, -0.2) is 21.6 Å². The van der Waals surface area contributed by atoms with Crippen molar-refractivity contribution < 1.29 is 20.1 Å². The Bertz CT molecular complexity index is 437. The average molecular weight is 248 g/mol. The Hall–Kier alpha value is -2.20. The van der Waals surface area contributed by atoms with Gasteiger partial charge in [-0.05, 0) is 31.2 Å². The molecule has 0 aromatic heterocycles. The van der Waals surface area contributed by atoms with Crippen molar-refractivity contribution >= 4 is 0 Å². The van der Waals surface area contributed by atoms with Crippen molar-refractivity contribution in [3.05, 3.63) is 54.6 Å². The Morgan fingerprint density at radius 3 is 1.83 bits per heavy atom. The minimum Gasteiger partial charge on any atom is -0.508 e. The summed E-state index contributed by atoms with van der Waals surface area (Å²) in [6, 6.07) is 15.1. The van der Waals surface area contributed by atoms with Crippen LogP contribution in [0.15, 0.2) is 54.6 Å². The molecule has 0 aliphatic carbocycles. The molecule has 0 amide bonds. The maximum Gasteiger partial charge on any atom is 0.194 e. The van der Waals surface area contributed by atoms with Crippen molar-refractivity contribution in [2.24, 2.45) is 0 Å². The summed E-state index contributed by atoms with van der Waals surface area (Å²) >= 11 is 0. The van der Waals surface area contributed by atoms with Crippen molar-refractivity contribution in [1.82, 2.24) is 0 Å². The molecular formula is C14H16O4. The van der Waals surface area contributed by atoms with Crippen molar-refractivity contribution in [3.63, 3.8) is 0 Å². The van der Waals surface area contributed by atoms with Gasteiger partial charge in [0.2, 0.25) is 0 Å². The fourth-order valence-electron chi connectivity index (χ4n) is 1.19. The van der Waals surface area contributed by atoms with Crippen LogP contribution in [0.2, 0.25) is 0 Å². The van der Waals surface area contributed by atoms with Gasteiger partial charge in [-0.3, -0.25) is 0 Å². The third-order valence-electron chi connectivity index (χ3n) is 1.88. The van der Waals surface area contributed by atoms with Gasteiger partial charge < -0.3 is 20.1 Å². The van der Waals surface area contributed by atoms with Crippen LogP contribution in [0.25, 0.3) is 0 Å². The quantitative estimate of drug-likeness (QED) is 0.714. The summed E-state index contributed by atoms with van der Waals surface area (Å²) < 4.78 is 4.97. The number of aliphatic hydroxyl groups is 1. The monoisotopic (exact) mass is 248 g/mol. The second-order valence-electron chi connectivity index (χ2n) is 3.55. The SMILES string of the molecule is CC(O)Oc1ccccc1.Oc1cccc(O)c1. The molecule has 4 nitrogen and oxygen atoms in total. The molecular weight excluding hydrogens is 232 g/mol. The van der Waals surface area contributed by atoms with E-state index < -0.39 is 6.29 Å². The number of para-hydroxylation sites is 1. The average Bonchev–Trinajstić information content (AvgIpc) is 2.30. The second-order valence-corrected chi connectivity index (χ2v) is 3.55. The van der Waals surface area contributed by atoms with Crippen molar-refractivity contribution in [1.29, 1.82) is 0 Å². The number of aliphatic hydroxyl groups excluding tert-OH is 1. The summed E-state index contributed by atoms with van der Waals surface area (Å²) in [6.07, 6.45) is -0.734. The molecule has 1 unspecified atom stereocenters. The Morgan fingerprint density at radius 1 is 0.889 bits per heavy atom. The van der Waals surface area contributed by atoms with Crippen LogP contribution in [0.3, 0.4) is 0 Å². The Morgan fingerprint density at radius 2 is 1.44 bits per heavy atom. The lowest BCUT2D eigenvalue weighted by molar-refractivity contribution is -0.000288. The highest BCUT2D eigenvalue weighted by molar-refractivity contribution is 5.30. The van der Waals surface area contributed by atoms with Gasteiger partial charge in [0, 0.05) is 6.07 Å². The molecule has 0 fully saturated rings. The van der Waals surface area contributed by atoms with Gasteiger partial charge in [0.15, 0.2) is 6.29 Å². The Labute approximate surface area is 106 Å². The van der Waals surface area contributed by atoms with Crippen LogP contribution in [0.5, 0.6) is 17.2 Å². The number of ether oxygens (including phenoxy) is 1. The second kappa shape index (κ2) is 7.19. The normalized spacial score (nSPS) is 11.0. The summed E-state index contributed by atoms with van der Waals surface area (Å²) in [5.41, 5.74) is 0. The molecule has 2 aromatic rings. The smallest absolute Gasteiger partial charge is 0.194 e. The van der Waals surface area contributed by atoms with Gasteiger partial charge in [0.25, 0.3) is 0 Å². The number of benzene rings is 2. The molecule has 0 aliphatic heterocycles. The third kappa shape index (κ3) is 5.77. The van der Waals surface area contributed by atoms with E-state index in [1.165, 1.54) is 18.2 Å². The van der Waals surface area contributed by atoms with E-state index in [2.05, 4.69) is 0 Å². The van der Waals surface area contributed by atoms with Crippen LogP contribution in [0, 0.1) is 0 Å². The molecule has 0 bridgehead atoms. The van der Waals surface area contributed by atoms with Gasteiger partial charge in [0.05, 0.1) is 0 Å². The summed E-state index contributed by atoms with van der Waals surface area (Å²) in [4.78, 5) is 0. The van der Waals surface area contributed by atoms with Crippen LogP contribution >= 0.6 is 0 Å². The molecule has 0 heterocycles. The molecule has 18 heavy (non-hydrogen) atoms. The van der Waals surface area contributed by atoms with Gasteiger partial charge in [-0.25, -0.2) is 0 Å². The molecule has 1 atom stereocenters. The first-order valence-electron chi connectivity index (χ1n) is 5.45. The molecule has 0 spiro atoms. The number of hydrogen-bond acceptors (Lipinski definition) is 4. The topological polar surface area (TPSA) is 69.9 Å².